The highest BCUT2D eigenvalue weighted by molar-refractivity contribution is 7.90. The maximum absolute atomic E-state index is 12.2. The molecule has 0 aliphatic rings. The molecule has 1 unspecified atom stereocenters. The van der Waals surface area contributed by atoms with Crippen LogP contribution in [0.3, 0.4) is 0 Å². The van der Waals surface area contributed by atoms with Gasteiger partial charge in [0.2, 0.25) is 0 Å². The van der Waals surface area contributed by atoms with Crippen LogP contribution in [-0.2, 0) is 30.1 Å². The van der Waals surface area contributed by atoms with Gasteiger partial charge in [-0.05, 0) is 38.1 Å². The van der Waals surface area contributed by atoms with Crippen LogP contribution in [0.1, 0.15) is 13.8 Å². The number of hydrogen-bond donors (Lipinski definition) is 0. The average molecular weight is 320 g/mol. The van der Waals surface area contributed by atoms with Crippen molar-refractivity contribution in [3.63, 3.8) is 0 Å². The van der Waals surface area contributed by atoms with Crippen LogP contribution in [0, 0.1) is 0 Å². The number of rotatable bonds is 8. The van der Waals surface area contributed by atoms with Gasteiger partial charge >= 0.3 is 0 Å². The summed E-state index contributed by atoms with van der Waals surface area (Å²) < 4.78 is 45.5. The van der Waals surface area contributed by atoms with Crippen molar-refractivity contribution in [2.24, 2.45) is 0 Å². The van der Waals surface area contributed by atoms with Crippen LogP contribution in [-0.4, -0.2) is 44.1 Å². The second-order valence-electron chi connectivity index (χ2n) is 4.10. The Morgan fingerprint density at radius 1 is 1.10 bits per heavy atom. The average Bonchev–Trinajstić information content (AvgIpc) is 2.38. The highest BCUT2D eigenvalue weighted by Crippen LogP contribution is 2.14. The zero-order valence-corrected chi connectivity index (χ0v) is 13.5. The molecular weight excluding hydrogens is 300 g/mol. The molecule has 0 aliphatic carbocycles. The quantitative estimate of drug-likeness (QED) is 0.680. The summed E-state index contributed by atoms with van der Waals surface area (Å²) in [5.74, 6) is 0.222. The van der Waals surface area contributed by atoms with Crippen molar-refractivity contribution in [1.82, 2.24) is 0 Å². The molecule has 0 spiro atoms. The fourth-order valence-corrected chi connectivity index (χ4v) is 3.28. The molecular formula is C13H20O5S2. The predicted molar refractivity (Wildman–Crippen MR) is 77.9 cm³/mol. The minimum Gasteiger partial charge on any atom is -0.352 e. The van der Waals surface area contributed by atoms with Gasteiger partial charge in [0, 0.05) is 24.4 Å². The van der Waals surface area contributed by atoms with E-state index in [0.29, 0.717) is 18.1 Å². The fourth-order valence-electron chi connectivity index (χ4n) is 1.57. The molecule has 20 heavy (non-hydrogen) atoms. The largest absolute Gasteiger partial charge is 0.352 e. The van der Waals surface area contributed by atoms with E-state index < -0.39 is 26.9 Å². The Labute approximate surface area is 122 Å². The molecule has 1 aromatic carbocycles. The lowest BCUT2D eigenvalue weighted by atomic mass is 10.4. The van der Waals surface area contributed by atoms with Gasteiger partial charge in [-0.1, -0.05) is 0 Å². The molecule has 0 bridgehead atoms. The second-order valence-corrected chi connectivity index (χ2v) is 7.61. The Kier molecular flexibility index (Phi) is 6.81. The molecule has 0 saturated carbocycles. The number of benzene rings is 1. The Morgan fingerprint density at radius 3 is 2.00 bits per heavy atom. The first-order valence-corrected chi connectivity index (χ1v) is 9.51. The van der Waals surface area contributed by atoms with Crippen LogP contribution >= 0.6 is 0 Å². The smallest absolute Gasteiger partial charge is 0.175 e. The third-order valence-corrected chi connectivity index (χ3v) is 5.01. The summed E-state index contributed by atoms with van der Waals surface area (Å²) in [7, 11) is -4.53. The molecule has 0 aliphatic heterocycles. The molecule has 0 amide bonds. The van der Waals surface area contributed by atoms with Crippen LogP contribution in [0.25, 0.3) is 0 Å². The van der Waals surface area contributed by atoms with Crippen LogP contribution < -0.4 is 0 Å². The van der Waals surface area contributed by atoms with Crippen LogP contribution in [0.15, 0.2) is 34.1 Å². The molecule has 7 heteroatoms. The van der Waals surface area contributed by atoms with Gasteiger partial charge in [-0.3, -0.25) is 4.21 Å². The lowest BCUT2D eigenvalue weighted by molar-refractivity contribution is -0.120. The van der Waals surface area contributed by atoms with Gasteiger partial charge in [0.25, 0.3) is 0 Å². The van der Waals surface area contributed by atoms with Crippen LogP contribution in [0.5, 0.6) is 0 Å². The van der Waals surface area contributed by atoms with E-state index in [1.54, 1.807) is 12.1 Å². The summed E-state index contributed by atoms with van der Waals surface area (Å²) in [6.07, 6.45) is 0.625. The first-order chi connectivity index (χ1) is 9.38. The predicted octanol–water partition coefficient (Wildman–Crippen LogP) is 1.60. The number of sulfone groups is 1. The SMILES string of the molecule is CCOC(CS(=O)c1ccc(S(C)(=O)=O)cc1)OCC. The van der Waals surface area contributed by atoms with Crippen molar-refractivity contribution in [2.45, 2.75) is 29.9 Å². The van der Waals surface area contributed by atoms with E-state index in [0.717, 1.165) is 6.26 Å². The van der Waals surface area contributed by atoms with E-state index in [4.69, 9.17) is 9.47 Å². The second kappa shape index (κ2) is 7.87. The van der Waals surface area contributed by atoms with Crippen molar-refractivity contribution < 1.29 is 22.1 Å². The summed E-state index contributed by atoms with van der Waals surface area (Å²) in [5.41, 5.74) is 0. The van der Waals surface area contributed by atoms with Gasteiger partial charge in [0.1, 0.15) is 0 Å². The molecule has 1 atom stereocenters. The third kappa shape index (κ3) is 5.32. The van der Waals surface area contributed by atoms with Crippen molar-refractivity contribution in [1.29, 1.82) is 0 Å². The minimum absolute atomic E-state index is 0.212. The van der Waals surface area contributed by atoms with Crippen molar-refractivity contribution in [3.05, 3.63) is 24.3 Å². The van der Waals surface area contributed by atoms with E-state index >= 15 is 0 Å². The van der Waals surface area contributed by atoms with Gasteiger partial charge in [-0.15, -0.1) is 0 Å². The topological polar surface area (TPSA) is 69.7 Å². The first kappa shape index (κ1) is 17.3. The standard InChI is InChI=1S/C13H20O5S2/c1-4-17-13(18-5-2)10-19(14)11-6-8-12(9-7-11)20(3,15)16/h6-9,13H,4-5,10H2,1-3H3. The molecule has 0 saturated heterocycles. The number of hydrogen-bond acceptors (Lipinski definition) is 5. The third-order valence-electron chi connectivity index (χ3n) is 2.51. The Morgan fingerprint density at radius 2 is 1.60 bits per heavy atom. The van der Waals surface area contributed by atoms with Crippen molar-refractivity contribution in [3.8, 4) is 0 Å². The normalized spacial score (nSPS) is 13.6. The Balaban J connectivity index is 2.77. The molecule has 0 heterocycles. The van der Waals surface area contributed by atoms with E-state index in [2.05, 4.69) is 0 Å². The summed E-state index contributed by atoms with van der Waals surface area (Å²) in [6.45, 7) is 4.65. The lowest BCUT2D eigenvalue weighted by Gasteiger charge is -2.16. The van der Waals surface area contributed by atoms with E-state index in [1.165, 1.54) is 12.1 Å². The molecule has 114 valence electrons. The van der Waals surface area contributed by atoms with Crippen LogP contribution in [0.2, 0.25) is 0 Å². The molecule has 0 fully saturated rings. The minimum atomic E-state index is -3.23. The van der Waals surface area contributed by atoms with Gasteiger partial charge in [0.15, 0.2) is 16.1 Å². The monoisotopic (exact) mass is 320 g/mol. The van der Waals surface area contributed by atoms with Gasteiger partial charge in [-0.2, -0.15) is 0 Å². The molecule has 0 radical (unpaired) electrons. The van der Waals surface area contributed by atoms with E-state index in [9.17, 15) is 12.6 Å². The Bertz CT molecular complexity index is 530. The van der Waals surface area contributed by atoms with Crippen molar-refractivity contribution >= 4 is 20.6 Å². The van der Waals surface area contributed by atoms with Crippen LogP contribution in [0.4, 0.5) is 0 Å². The zero-order chi connectivity index (χ0) is 15.2. The summed E-state index contributed by atoms with van der Waals surface area (Å²) in [4.78, 5) is 0.770. The molecule has 0 aromatic heterocycles. The summed E-state index contributed by atoms with van der Waals surface area (Å²) >= 11 is 0. The fraction of sp³-hybridized carbons (Fsp3) is 0.538. The summed E-state index contributed by atoms with van der Waals surface area (Å²) in [5, 5.41) is 0. The Hall–Kier alpha value is -0.760. The van der Waals surface area contributed by atoms with Gasteiger partial charge in [0.05, 0.1) is 21.4 Å². The highest BCUT2D eigenvalue weighted by Gasteiger charge is 2.15. The van der Waals surface area contributed by atoms with Crippen molar-refractivity contribution in [2.75, 3.05) is 25.2 Å². The molecule has 1 aromatic rings. The molecule has 1 rings (SSSR count). The lowest BCUT2D eigenvalue weighted by Crippen LogP contribution is -2.24. The summed E-state index contributed by atoms with van der Waals surface area (Å²) in [6, 6.07) is 6.03. The van der Waals surface area contributed by atoms with Gasteiger partial charge < -0.3 is 9.47 Å². The molecule has 0 N–H and O–H groups in total. The van der Waals surface area contributed by atoms with Gasteiger partial charge in [-0.25, -0.2) is 8.42 Å². The first-order valence-electron chi connectivity index (χ1n) is 6.30. The van der Waals surface area contributed by atoms with E-state index in [1.807, 2.05) is 13.8 Å². The highest BCUT2D eigenvalue weighted by atomic mass is 32.2. The number of ether oxygens (including phenoxy) is 2. The maximum Gasteiger partial charge on any atom is 0.175 e. The maximum atomic E-state index is 12.2. The zero-order valence-electron chi connectivity index (χ0n) is 11.9. The van der Waals surface area contributed by atoms with E-state index in [-0.39, 0.29) is 10.6 Å². The molecule has 5 nitrogen and oxygen atoms in total.